The van der Waals surface area contributed by atoms with E-state index in [4.69, 9.17) is 19.2 Å². The van der Waals surface area contributed by atoms with Gasteiger partial charge in [0.05, 0.1) is 26.9 Å². The van der Waals surface area contributed by atoms with Crippen LogP contribution in [0, 0.1) is 5.92 Å². The number of ether oxygens (including phenoxy) is 3. The van der Waals surface area contributed by atoms with E-state index in [0.29, 0.717) is 33.7 Å². The van der Waals surface area contributed by atoms with Crippen molar-refractivity contribution in [3.05, 3.63) is 64.0 Å². The highest BCUT2D eigenvalue weighted by Crippen LogP contribution is 2.41. The van der Waals surface area contributed by atoms with E-state index in [1.54, 1.807) is 38.9 Å². The van der Waals surface area contributed by atoms with Gasteiger partial charge in [-0.3, -0.25) is 4.79 Å². The zero-order valence-electron chi connectivity index (χ0n) is 19.3. The van der Waals surface area contributed by atoms with Crippen LogP contribution < -0.4 is 19.5 Å². The molecule has 1 unspecified atom stereocenters. The zero-order valence-corrected chi connectivity index (χ0v) is 20.1. The van der Waals surface area contributed by atoms with Gasteiger partial charge in [0.25, 0.3) is 5.91 Å². The number of hydrogen-bond acceptors (Lipinski definition) is 6. The van der Waals surface area contributed by atoms with Crippen LogP contribution in [0.4, 0.5) is 10.7 Å². The second-order valence-electron chi connectivity index (χ2n) is 8.08. The number of nitrogens with zero attached hydrogens (tertiary/aromatic N) is 1. The maximum atomic E-state index is 13.4. The lowest BCUT2D eigenvalue weighted by Gasteiger charge is -2.18. The fourth-order valence-electron chi connectivity index (χ4n) is 4.00. The molecule has 2 aromatic carbocycles. The third kappa shape index (κ3) is 5.03. The molecule has 1 aliphatic carbocycles. The van der Waals surface area contributed by atoms with Crippen molar-refractivity contribution in [3.63, 3.8) is 0 Å². The van der Waals surface area contributed by atoms with E-state index < -0.39 is 0 Å². The smallest absolute Gasteiger partial charge is 0.259 e. The minimum absolute atomic E-state index is 0.142. The zero-order chi connectivity index (χ0) is 23.4. The first-order valence-electron chi connectivity index (χ1n) is 10.9. The lowest BCUT2D eigenvalue weighted by atomic mass is 9.88. The molecule has 4 rings (SSSR count). The molecule has 0 radical (unpaired) electrons. The van der Waals surface area contributed by atoms with Crippen molar-refractivity contribution in [1.82, 2.24) is 0 Å². The number of carbonyl (C=O) groups excluding carboxylic acids is 1. The lowest BCUT2D eigenvalue weighted by molar-refractivity contribution is 0.102. The fraction of sp³-hybridized carbons (Fsp3) is 0.308. The van der Waals surface area contributed by atoms with E-state index in [1.165, 1.54) is 4.88 Å². The van der Waals surface area contributed by atoms with Crippen molar-refractivity contribution in [2.75, 3.05) is 26.6 Å². The third-order valence-electron chi connectivity index (χ3n) is 5.83. The van der Waals surface area contributed by atoms with Gasteiger partial charge in [-0.2, -0.15) is 0 Å². The van der Waals surface area contributed by atoms with E-state index in [2.05, 4.69) is 12.2 Å². The van der Waals surface area contributed by atoms with E-state index in [-0.39, 0.29) is 5.91 Å². The molecule has 0 bridgehead atoms. The average molecular weight is 465 g/mol. The summed E-state index contributed by atoms with van der Waals surface area (Å²) < 4.78 is 16.0. The number of aliphatic imine (C=N–C) groups is 1. The minimum Gasteiger partial charge on any atom is -0.497 e. The Balaban J connectivity index is 1.69. The van der Waals surface area contributed by atoms with Gasteiger partial charge in [0.15, 0.2) is 0 Å². The maximum absolute atomic E-state index is 13.4. The van der Waals surface area contributed by atoms with Crippen molar-refractivity contribution in [2.24, 2.45) is 10.9 Å². The third-order valence-corrected chi connectivity index (χ3v) is 6.99. The number of benzene rings is 2. The van der Waals surface area contributed by atoms with Gasteiger partial charge >= 0.3 is 0 Å². The molecule has 1 heterocycles. The molecule has 1 amide bonds. The summed E-state index contributed by atoms with van der Waals surface area (Å²) in [4.78, 5) is 19.4. The van der Waals surface area contributed by atoms with Crippen LogP contribution in [-0.4, -0.2) is 33.5 Å². The molecule has 6 nitrogen and oxygen atoms in total. The summed E-state index contributed by atoms with van der Waals surface area (Å²) in [5.41, 5.74) is 3.29. The summed E-state index contributed by atoms with van der Waals surface area (Å²) >= 11 is 1.60. The molecule has 172 valence electrons. The predicted octanol–water partition coefficient (Wildman–Crippen LogP) is 5.90. The van der Waals surface area contributed by atoms with Gasteiger partial charge < -0.3 is 19.5 Å². The fourth-order valence-corrected chi connectivity index (χ4v) is 5.35. The van der Waals surface area contributed by atoms with Gasteiger partial charge in [-0.1, -0.05) is 6.92 Å². The number of amides is 1. The van der Waals surface area contributed by atoms with Gasteiger partial charge in [0, 0.05) is 22.3 Å². The molecular weight excluding hydrogens is 436 g/mol. The molecular formula is C26H28N2O4S. The molecule has 0 fully saturated rings. The van der Waals surface area contributed by atoms with Gasteiger partial charge in [0.1, 0.15) is 22.2 Å². The molecule has 1 aromatic heterocycles. The number of nitrogens with one attached hydrogen (secondary N) is 1. The van der Waals surface area contributed by atoms with Crippen molar-refractivity contribution in [1.29, 1.82) is 0 Å². The Morgan fingerprint density at radius 1 is 1.06 bits per heavy atom. The Hall–Kier alpha value is -3.32. The van der Waals surface area contributed by atoms with Gasteiger partial charge in [-0.05, 0) is 73.2 Å². The van der Waals surface area contributed by atoms with Gasteiger partial charge in [-0.25, -0.2) is 4.99 Å². The van der Waals surface area contributed by atoms with Crippen molar-refractivity contribution in [2.45, 2.75) is 26.2 Å². The first kappa shape index (κ1) is 22.9. The first-order chi connectivity index (χ1) is 16.0. The standard InChI is InChI=1S/C26H28N2O4S/c1-16-5-11-21-23(13-16)33-26(27-15-17-14-20(31-3)10-12-22(17)32-4)24(21)25(29)28-18-6-8-19(30-2)9-7-18/h6-10,12,14-16H,5,11,13H2,1-4H3,(H,28,29)/b27-15+. The molecule has 7 heteroatoms. The number of rotatable bonds is 7. The number of thiophene rings is 1. The Labute approximate surface area is 198 Å². The second kappa shape index (κ2) is 10.1. The van der Waals surface area contributed by atoms with Crippen LogP contribution in [0.15, 0.2) is 47.5 Å². The van der Waals surface area contributed by atoms with Crippen LogP contribution in [0.25, 0.3) is 0 Å². The Kier molecular flexibility index (Phi) is 6.99. The highest BCUT2D eigenvalue weighted by molar-refractivity contribution is 7.16. The van der Waals surface area contributed by atoms with Crippen LogP contribution in [0.3, 0.4) is 0 Å². The summed E-state index contributed by atoms with van der Waals surface area (Å²) in [5, 5.41) is 3.74. The quantitative estimate of drug-likeness (QED) is 0.442. The Bertz CT molecular complexity index is 1170. The topological polar surface area (TPSA) is 69.2 Å². The van der Waals surface area contributed by atoms with Crippen molar-refractivity contribution in [3.8, 4) is 17.2 Å². The van der Waals surface area contributed by atoms with E-state index in [0.717, 1.165) is 36.1 Å². The SMILES string of the molecule is COc1ccc(NC(=O)c2c(/N=C/c3cc(OC)ccc3OC)sc3c2CCC(C)C3)cc1. The largest absolute Gasteiger partial charge is 0.497 e. The van der Waals surface area contributed by atoms with Crippen LogP contribution >= 0.6 is 11.3 Å². The molecule has 0 spiro atoms. The number of methoxy groups -OCH3 is 3. The Morgan fingerprint density at radius 2 is 1.79 bits per heavy atom. The number of fused-ring (bicyclic) bond motifs is 1. The average Bonchev–Trinajstić information content (AvgIpc) is 3.20. The summed E-state index contributed by atoms with van der Waals surface area (Å²) in [6, 6.07) is 12.9. The van der Waals surface area contributed by atoms with Crippen molar-refractivity contribution < 1.29 is 19.0 Å². The molecule has 1 atom stereocenters. The second-order valence-corrected chi connectivity index (χ2v) is 9.16. The predicted molar refractivity (Wildman–Crippen MR) is 133 cm³/mol. The van der Waals surface area contributed by atoms with Crippen LogP contribution in [0.2, 0.25) is 0 Å². The van der Waals surface area contributed by atoms with E-state index in [9.17, 15) is 4.79 Å². The normalized spacial score (nSPS) is 15.2. The van der Waals surface area contributed by atoms with E-state index in [1.807, 2.05) is 42.5 Å². The summed E-state index contributed by atoms with van der Waals surface area (Å²) in [6.07, 6.45) is 4.67. The molecule has 0 saturated carbocycles. The van der Waals surface area contributed by atoms with Gasteiger partial charge in [-0.15, -0.1) is 11.3 Å². The van der Waals surface area contributed by atoms with E-state index >= 15 is 0 Å². The molecule has 1 N–H and O–H groups in total. The number of carbonyl (C=O) groups is 1. The molecule has 1 aliphatic rings. The van der Waals surface area contributed by atoms with Crippen LogP contribution in [-0.2, 0) is 12.8 Å². The monoisotopic (exact) mass is 464 g/mol. The first-order valence-corrected chi connectivity index (χ1v) is 11.7. The molecule has 33 heavy (non-hydrogen) atoms. The summed E-state index contributed by atoms with van der Waals surface area (Å²) in [6.45, 7) is 2.25. The highest BCUT2D eigenvalue weighted by Gasteiger charge is 2.27. The number of hydrogen-bond donors (Lipinski definition) is 1. The Morgan fingerprint density at radius 3 is 2.48 bits per heavy atom. The molecule has 0 aliphatic heterocycles. The van der Waals surface area contributed by atoms with Gasteiger partial charge in [0.2, 0.25) is 0 Å². The maximum Gasteiger partial charge on any atom is 0.259 e. The molecule has 0 saturated heterocycles. The van der Waals surface area contributed by atoms with Crippen LogP contribution in [0.1, 0.15) is 39.7 Å². The van der Waals surface area contributed by atoms with Crippen LogP contribution in [0.5, 0.6) is 17.2 Å². The minimum atomic E-state index is -0.142. The number of anilines is 1. The lowest BCUT2D eigenvalue weighted by Crippen LogP contribution is -2.16. The summed E-state index contributed by atoms with van der Waals surface area (Å²) in [7, 11) is 4.87. The highest BCUT2D eigenvalue weighted by atomic mass is 32.1. The van der Waals surface area contributed by atoms with Crippen molar-refractivity contribution >= 4 is 34.1 Å². The molecule has 3 aromatic rings. The summed E-state index contributed by atoms with van der Waals surface area (Å²) in [5.74, 6) is 2.61.